The van der Waals surface area contributed by atoms with Gasteiger partial charge in [0, 0.05) is 11.4 Å². The summed E-state index contributed by atoms with van der Waals surface area (Å²) in [5, 5.41) is 11.1. The molecule has 1 rings (SSSR count). The summed E-state index contributed by atoms with van der Waals surface area (Å²) in [5.74, 6) is -1.12. The second-order valence-electron chi connectivity index (χ2n) is 3.39. The lowest BCUT2D eigenvalue weighted by Gasteiger charge is -2.21. The standard InChI is InChI=1S/C11H17NO2S/c1-3-12(4-2)8-9(11(13)14)10-6-5-7-15-10/h5-7,9H,3-4,8H2,1-2H3,(H,13,14). The van der Waals surface area contributed by atoms with Gasteiger partial charge in [-0.15, -0.1) is 11.3 Å². The Labute approximate surface area is 94.3 Å². The summed E-state index contributed by atoms with van der Waals surface area (Å²) < 4.78 is 0. The van der Waals surface area contributed by atoms with Crippen LogP contribution >= 0.6 is 11.3 Å². The van der Waals surface area contributed by atoms with Gasteiger partial charge in [-0.3, -0.25) is 4.79 Å². The van der Waals surface area contributed by atoms with E-state index < -0.39 is 5.97 Å². The highest BCUT2D eigenvalue weighted by molar-refractivity contribution is 7.10. The summed E-state index contributed by atoms with van der Waals surface area (Å²) in [5.41, 5.74) is 0. The largest absolute Gasteiger partial charge is 0.481 e. The average Bonchev–Trinajstić information content (AvgIpc) is 2.72. The van der Waals surface area contributed by atoms with Crippen LogP contribution in [0.15, 0.2) is 17.5 Å². The molecule has 0 saturated heterocycles. The summed E-state index contributed by atoms with van der Waals surface area (Å²) in [7, 11) is 0. The van der Waals surface area contributed by atoms with Crippen LogP contribution in [0.1, 0.15) is 24.6 Å². The van der Waals surface area contributed by atoms with Gasteiger partial charge >= 0.3 is 5.97 Å². The van der Waals surface area contributed by atoms with E-state index >= 15 is 0 Å². The van der Waals surface area contributed by atoms with Gasteiger partial charge in [-0.2, -0.15) is 0 Å². The van der Waals surface area contributed by atoms with Crippen molar-refractivity contribution >= 4 is 17.3 Å². The van der Waals surface area contributed by atoms with Crippen LogP contribution in [0.4, 0.5) is 0 Å². The van der Waals surface area contributed by atoms with Gasteiger partial charge in [-0.1, -0.05) is 19.9 Å². The zero-order valence-corrected chi connectivity index (χ0v) is 9.96. The third kappa shape index (κ3) is 3.32. The molecule has 1 aromatic rings. The van der Waals surface area contributed by atoms with E-state index in [1.54, 1.807) is 0 Å². The topological polar surface area (TPSA) is 40.5 Å². The van der Waals surface area contributed by atoms with Crippen molar-refractivity contribution < 1.29 is 9.90 Å². The zero-order chi connectivity index (χ0) is 11.3. The molecule has 0 radical (unpaired) electrons. The SMILES string of the molecule is CCN(CC)CC(C(=O)O)c1cccs1. The number of likely N-dealkylation sites (N-methyl/N-ethyl adjacent to an activating group) is 1. The minimum Gasteiger partial charge on any atom is -0.481 e. The molecule has 1 unspecified atom stereocenters. The summed E-state index contributed by atoms with van der Waals surface area (Å²) >= 11 is 1.51. The first-order valence-corrected chi connectivity index (χ1v) is 6.05. The lowest BCUT2D eigenvalue weighted by atomic mass is 10.1. The van der Waals surface area contributed by atoms with Crippen LogP contribution in [0.25, 0.3) is 0 Å². The maximum atomic E-state index is 11.1. The van der Waals surface area contributed by atoms with Crippen molar-refractivity contribution in [1.29, 1.82) is 0 Å². The van der Waals surface area contributed by atoms with Crippen LogP contribution in [0, 0.1) is 0 Å². The number of thiophene rings is 1. The Bertz CT molecular complexity index is 294. The number of carbonyl (C=O) groups is 1. The Balaban J connectivity index is 2.71. The second-order valence-corrected chi connectivity index (χ2v) is 4.37. The number of hydrogen-bond donors (Lipinski definition) is 1. The van der Waals surface area contributed by atoms with Gasteiger partial charge in [-0.25, -0.2) is 0 Å². The fourth-order valence-electron chi connectivity index (χ4n) is 1.52. The summed E-state index contributed by atoms with van der Waals surface area (Å²) in [4.78, 5) is 14.2. The van der Waals surface area contributed by atoms with Crippen molar-refractivity contribution in [2.24, 2.45) is 0 Å². The average molecular weight is 227 g/mol. The highest BCUT2D eigenvalue weighted by Gasteiger charge is 2.22. The van der Waals surface area contributed by atoms with E-state index in [4.69, 9.17) is 5.11 Å². The van der Waals surface area contributed by atoms with Crippen molar-refractivity contribution in [3.05, 3.63) is 22.4 Å². The van der Waals surface area contributed by atoms with E-state index in [0.29, 0.717) is 6.54 Å². The van der Waals surface area contributed by atoms with Crippen LogP contribution < -0.4 is 0 Å². The lowest BCUT2D eigenvalue weighted by Crippen LogP contribution is -2.31. The van der Waals surface area contributed by atoms with Crippen LogP contribution in [0.2, 0.25) is 0 Å². The third-order valence-electron chi connectivity index (χ3n) is 2.52. The Morgan fingerprint density at radius 2 is 2.20 bits per heavy atom. The highest BCUT2D eigenvalue weighted by Crippen LogP contribution is 2.22. The number of carboxylic acids is 1. The molecule has 0 saturated carbocycles. The lowest BCUT2D eigenvalue weighted by molar-refractivity contribution is -0.139. The molecule has 3 nitrogen and oxygen atoms in total. The van der Waals surface area contributed by atoms with E-state index in [-0.39, 0.29) is 5.92 Å². The predicted octanol–water partition coefficient (Wildman–Crippen LogP) is 2.26. The maximum absolute atomic E-state index is 11.1. The fraction of sp³-hybridized carbons (Fsp3) is 0.545. The van der Waals surface area contributed by atoms with Gasteiger partial charge in [0.25, 0.3) is 0 Å². The molecule has 0 aromatic carbocycles. The normalized spacial score (nSPS) is 13.0. The molecule has 1 atom stereocenters. The van der Waals surface area contributed by atoms with Crippen LogP contribution in [0.3, 0.4) is 0 Å². The Morgan fingerprint density at radius 1 is 1.53 bits per heavy atom. The first kappa shape index (κ1) is 12.2. The molecule has 0 fully saturated rings. The minimum atomic E-state index is -0.732. The van der Waals surface area contributed by atoms with Crippen molar-refractivity contribution in [1.82, 2.24) is 4.90 Å². The molecule has 4 heteroatoms. The molecular formula is C11H17NO2S. The monoisotopic (exact) mass is 227 g/mol. The van der Waals surface area contributed by atoms with Crippen LogP contribution in [0.5, 0.6) is 0 Å². The summed E-state index contributed by atoms with van der Waals surface area (Å²) in [6.45, 7) is 6.49. The molecule has 15 heavy (non-hydrogen) atoms. The molecule has 1 aromatic heterocycles. The molecule has 84 valence electrons. The van der Waals surface area contributed by atoms with Crippen molar-refractivity contribution in [2.75, 3.05) is 19.6 Å². The van der Waals surface area contributed by atoms with Crippen LogP contribution in [-0.4, -0.2) is 35.6 Å². The molecule has 0 spiro atoms. The first-order valence-electron chi connectivity index (χ1n) is 5.17. The van der Waals surface area contributed by atoms with Gasteiger partial charge < -0.3 is 10.0 Å². The van der Waals surface area contributed by atoms with Gasteiger partial charge in [0.2, 0.25) is 0 Å². The van der Waals surface area contributed by atoms with E-state index in [9.17, 15) is 4.79 Å². The first-order chi connectivity index (χ1) is 7.19. The Morgan fingerprint density at radius 3 is 2.60 bits per heavy atom. The molecule has 1 heterocycles. The molecule has 0 amide bonds. The quantitative estimate of drug-likeness (QED) is 0.810. The smallest absolute Gasteiger partial charge is 0.313 e. The number of aliphatic carboxylic acids is 1. The van der Waals surface area contributed by atoms with E-state index in [1.807, 2.05) is 17.5 Å². The molecule has 1 N–H and O–H groups in total. The number of carboxylic acid groups (broad SMARTS) is 1. The van der Waals surface area contributed by atoms with Crippen LogP contribution in [-0.2, 0) is 4.79 Å². The van der Waals surface area contributed by atoms with Gasteiger partial charge in [0.05, 0.1) is 0 Å². The number of nitrogens with zero attached hydrogens (tertiary/aromatic N) is 1. The van der Waals surface area contributed by atoms with Crippen molar-refractivity contribution in [3.63, 3.8) is 0 Å². The molecule has 0 aliphatic rings. The second kappa shape index (κ2) is 5.88. The van der Waals surface area contributed by atoms with E-state index in [1.165, 1.54) is 11.3 Å². The molecule has 0 aliphatic heterocycles. The Hall–Kier alpha value is -0.870. The zero-order valence-electron chi connectivity index (χ0n) is 9.14. The van der Waals surface area contributed by atoms with Gasteiger partial charge in [-0.05, 0) is 24.5 Å². The van der Waals surface area contributed by atoms with E-state index in [0.717, 1.165) is 18.0 Å². The number of hydrogen-bond acceptors (Lipinski definition) is 3. The number of rotatable bonds is 6. The fourth-order valence-corrected chi connectivity index (χ4v) is 2.33. The molecule has 0 bridgehead atoms. The predicted molar refractivity (Wildman–Crippen MR) is 62.5 cm³/mol. The summed E-state index contributed by atoms with van der Waals surface area (Å²) in [6.07, 6.45) is 0. The third-order valence-corrected chi connectivity index (χ3v) is 3.51. The molecular weight excluding hydrogens is 210 g/mol. The van der Waals surface area contributed by atoms with Crippen molar-refractivity contribution in [3.8, 4) is 0 Å². The van der Waals surface area contributed by atoms with Crippen molar-refractivity contribution in [2.45, 2.75) is 19.8 Å². The molecule has 0 aliphatic carbocycles. The summed E-state index contributed by atoms with van der Waals surface area (Å²) in [6, 6.07) is 3.80. The van der Waals surface area contributed by atoms with Gasteiger partial charge in [0.1, 0.15) is 5.92 Å². The van der Waals surface area contributed by atoms with E-state index in [2.05, 4.69) is 18.7 Å². The highest BCUT2D eigenvalue weighted by atomic mass is 32.1. The maximum Gasteiger partial charge on any atom is 0.313 e. The Kier molecular flexibility index (Phi) is 4.78. The minimum absolute atomic E-state index is 0.384. The van der Waals surface area contributed by atoms with Gasteiger partial charge in [0.15, 0.2) is 0 Å².